The van der Waals surface area contributed by atoms with Crippen LogP contribution in [0.25, 0.3) is 0 Å². The predicted octanol–water partition coefficient (Wildman–Crippen LogP) is 2.09. The van der Waals surface area contributed by atoms with Crippen LogP contribution in [0, 0.1) is 17.6 Å². The summed E-state index contributed by atoms with van der Waals surface area (Å²) in [6.45, 7) is 2.74. The molecule has 1 saturated carbocycles. The van der Waals surface area contributed by atoms with Crippen molar-refractivity contribution in [3.8, 4) is 0 Å². The molecule has 12 heteroatoms. The van der Waals surface area contributed by atoms with E-state index in [4.69, 9.17) is 17.0 Å². The Bertz CT molecular complexity index is 988. The zero-order chi connectivity index (χ0) is 23.0. The van der Waals surface area contributed by atoms with Crippen LogP contribution in [-0.4, -0.2) is 74.9 Å². The summed E-state index contributed by atoms with van der Waals surface area (Å²) < 4.78 is 60.4. The molecule has 3 aliphatic rings. The van der Waals surface area contributed by atoms with Crippen LogP contribution in [0.5, 0.6) is 0 Å². The number of ether oxygens (including phenoxy) is 1. The van der Waals surface area contributed by atoms with Crippen LogP contribution in [0.1, 0.15) is 19.8 Å². The van der Waals surface area contributed by atoms with E-state index in [9.17, 15) is 22.0 Å². The van der Waals surface area contributed by atoms with Gasteiger partial charge in [-0.25, -0.2) is 22.0 Å². The van der Waals surface area contributed by atoms with Gasteiger partial charge in [-0.2, -0.15) is 4.31 Å². The van der Waals surface area contributed by atoms with Gasteiger partial charge in [0.15, 0.2) is 11.6 Å². The summed E-state index contributed by atoms with van der Waals surface area (Å²) in [5.41, 5.74) is -0.143. The molecule has 1 aromatic rings. The van der Waals surface area contributed by atoms with Crippen molar-refractivity contribution < 1.29 is 26.7 Å². The summed E-state index contributed by atoms with van der Waals surface area (Å²) >= 11 is 5.27. The number of thiocarbonyl (C=S) groups is 1. The van der Waals surface area contributed by atoms with Crippen molar-refractivity contribution in [2.45, 2.75) is 25.9 Å². The lowest BCUT2D eigenvalue weighted by Crippen LogP contribution is -2.49. The molecule has 1 N–H and O–H groups in total. The summed E-state index contributed by atoms with van der Waals surface area (Å²) in [7, 11) is -3.34. The van der Waals surface area contributed by atoms with E-state index in [2.05, 4.69) is 5.32 Å². The van der Waals surface area contributed by atoms with Crippen molar-refractivity contribution in [3.05, 3.63) is 23.8 Å². The van der Waals surface area contributed by atoms with Crippen LogP contribution < -0.4 is 15.1 Å². The summed E-state index contributed by atoms with van der Waals surface area (Å²) in [6.07, 6.45) is 0.991. The third-order valence-corrected chi connectivity index (χ3v) is 8.31. The molecule has 1 aromatic carbocycles. The van der Waals surface area contributed by atoms with Crippen LogP contribution in [0.15, 0.2) is 12.1 Å². The van der Waals surface area contributed by atoms with E-state index in [0.717, 1.165) is 30.0 Å². The maximum Gasteiger partial charge on any atom is 0.414 e. The van der Waals surface area contributed by atoms with Crippen molar-refractivity contribution in [2.24, 2.45) is 5.92 Å². The average Bonchev–Trinajstić information content (AvgIpc) is 3.54. The van der Waals surface area contributed by atoms with Crippen LogP contribution in [-0.2, 0) is 14.8 Å². The molecular formula is C20H26F2N4O4S2. The molecule has 0 radical (unpaired) electrons. The van der Waals surface area contributed by atoms with E-state index in [-0.39, 0.29) is 49.9 Å². The number of carbonyl (C=O) groups excluding carboxylic acids is 1. The summed E-state index contributed by atoms with van der Waals surface area (Å²) in [6, 6.07) is 2.22. The lowest BCUT2D eigenvalue weighted by molar-refractivity contribution is 0.143. The second-order valence-corrected chi connectivity index (χ2v) is 10.9. The van der Waals surface area contributed by atoms with Gasteiger partial charge in [-0.1, -0.05) is 12.2 Å². The minimum atomic E-state index is -3.34. The monoisotopic (exact) mass is 488 g/mol. The second kappa shape index (κ2) is 9.06. The molecule has 4 rings (SSSR count). The summed E-state index contributed by atoms with van der Waals surface area (Å²) in [4.78, 5) is 15.7. The summed E-state index contributed by atoms with van der Waals surface area (Å²) in [5.74, 6) is -1.23. The Kier molecular flexibility index (Phi) is 6.55. The molecule has 2 heterocycles. The number of cyclic esters (lactones) is 1. The van der Waals surface area contributed by atoms with Crippen molar-refractivity contribution in [1.29, 1.82) is 0 Å². The first-order valence-corrected chi connectivity index (χ1v) is 12.7. The maximum absolute atomic E-state index is 14.9. The maximum atomic E-state index is 14.9. The van der Waals surface area contributed by atoms with E-state index < -0.39 is 33.9 Å². The number of nitrogens with zero attached hydrogens (tertiary/aromatic N) is 3. The highest BCUT2D eigenvalue weighted by molar-refractivity contribution is 7.89. The van der Waals surface area contributed by atoms with Crippen LogP contribution in [0.4, 0.5) is 25.0 Å². The molecular weight excluding hydrogens is 462 g/mol. The molecule has 0 bridgehead atoms. The number of hydrogen-bond donors (Lipinski definition) is 1. The lowest BCUT2D eigenvalue weighted by Gasteiger charge is -2.35. The number of benzene rings is 1. The molecule has 1 atom stereocenters. The highest BCUT2D eigenvalue weighted by atomic mass is 32.2. The number of nitrogens with one attached hydrogen (secondary N) is 1. The second-order valence-electron chi connectivity index (χ2n) is 8.18. The minimum Gasteiger partial charge on any atom is -0.442 e. The van der Waals surface area contributed by atoms with E-state index in [1.165, 1.54) is 14.1 Å². The van der Waals surface area contributed by atoms with Crippen molar-refractivity contribution in [3.63, 3.8) is 0 Å². The van der Waals surface area contributed by atoms with Gasteiger partial charge in [-0.3, -0.25) is 4.90 Å². The number of hydrogen-bond acceptors (Lipinski definition) is 6. The van der Waals surface area contributed by atoms with E-state index >= 15 is 0 Å². The molecule has 1 amide bonds. The molecule has 2 saturated heterocycles. The van der Waals surface area contributed by atoms with E-state index in [0.29, 0.717) is 12.5 Å². The van der Waals surface area contributed by atoms with Crippen LogP contribution in [0.2, 0.25) is 0 Å². The van der Waals surface area contributed by atoms with Crippen molar-refractivity contribution in [1.82, 2.24) is 9.62 Å². The lowest BCUT2D eigenvalue weighted by atomic mass is 10.2. The van der Waals surface area contributed by atoms with E-state index in [1.807, 2.05) is 0 Å². The van der Waals surface area contributed by atoms with E-state index in [1.54, 1.807) is 6.92 Å². The Morgan fingerprint density at radius 2 is 1.81 bits per heavy atom. The smallest absolute Gasteiger partial charge is 0.414 e. The molecule has 0 unspecified atom stereocenters. The standard InChI is InChI=1S/C20H26F2N4O4S2/c1-2-32(28,29)25-7-5-24(6-8-25)18-16(21)9-14(10-17(18)22)26-12-15(30-20(26)27)11-23-19(31)13-3-4-13/h9-10,13,15H,2-8,11-12H2,1H3,(H,23,31)/t15-/m0/s1. The quantitative estimate of drug-likeness (QED) is 0.589. The molecule has 0 aromatic heterocycles. The third kappa shape index (κ3) is 4.81. The fourth-order valence-electron chi connectivity index (χ4n) is 3.93. The summed E-state index contributed by atoms with van der Waals surface area (Å²) in [5, 5.41) is 3.10. The normalized spacial score (nSPS) is 22.2. The molecule has 8 nitrogen and oxygen atoms in total. The van der Waals surface area contributed by atoms with Gasteiger partial charge in [0.1, 0.15) is 11.8 Å². The molecule has 0 spiro atoms. The fourth-order valence-corrected chi connectivity index (χ4v) is 5.33. The topological polar surface area (TPSA) is 82.2 Å². The Balaban J connectivity index is 1.41. The zero-order valence-corrected chi connectivity index (χ0v) is 19.4. The van der Waals surface area contributed by atoms with Gasteiger partial charge in [0.25, 0.3) is 0 Å². The number of piperazine rings is 1. The van der Waals surface area contributed by atoms with Gasteiger partial charge in [0, 0.05) is 44.2 Å². The number of rotatable bonds is 7. The first kappa shape index (κ1) is 23.1. The number of anilines is 2. The van der Waals surface area contributed by atoms with Crippen molar-refractivity contribution >= 4 is 44.7 Å². The van der Waals surface area contributed by atoms with Crippen molar-refractivity contribution in [2.75, 3.05) is 54.8 Å². The average molecular weight is 489 g/mol. The van der Waals surface area contributed by atoms with Gasteiger partial charge in [-0.15, -0.1) is 0 Å². The van der Waals surface area contributed by atoms with Gasteiger partial charge in [0.05, 0.1) is 29.5 Å². The highest BCUT2D eigenvalue weighted by Gasteiger charge is 2.35. The van der Waals surface area contributed by atoms with Gasteiger partial charge in [-0.05, 0) is 19.8 Å². The Morgan fingerprint density at radius 1 is 1.19 bits per heavy atom. The van der Waals surface area contributed by atoms with Gasteiger partial charge >= 0.3 is 6.09 Å². The largest absolute Gasteiger partial charge is 0.442 e. The molecule has 3 fully saturated rings. The fraction of sp³-hybridized carbons (Fsp3) is 0.600. The molecule has 176 valence electrons. The van der Waals surface area contributed by atoms with Crippen LogP contribution in [0.3, 0.4) is 0 Å². The molecule has 1 aliphatic carbocycles. The Hall–Kier alpha value is -2.05. The third-order valence-electron chi connectivity index (χ3n) is 5.95. The SMILES string of the molecule is CCS(=O)(=O)N1CCN(c2c(F)cc(N3C[C@H](CNC(=S)C4CC4)OC3=O)cc2F)CC1. The molecule has 32 heavy (non-hydrogen) atoms. The Labute approximate surface area is 191 Å². The number of amides is 1. The van der Waals surface area contributed by atoms with Gasteiger partial charge in [0.2, 0.25) is 10.0 Å². The predicted molar refractivity (Wildman–Crippen MR) is 121 cm³/mol. The highest BCUT2D eigenvalue weighted by Crippen LogP contribution is 2.32. The van der Waals surface area contributed by atoms with Crippen LogP contribution >= 0.6 is 12.2 Å². The number of carbonyl (C=O) groups is 1. The number of halogens is 2. The first-order chi connectivity index (χ1) is 15.2. The molecule has 2 aliphatic heterocycles. The first-order valence-electron chi connectivity index (χ1n) is 10.7. The minimum absolute atomic E-state index is 0.0146. The number of sulfonamides is 1. The van der Waals surface area contributed by atoms with Gasteiger partial charge < -0.3 is 15.0 Å². The Morgan fingerprint density at radius 3 is 2.38 bits per heavy atom. The zero-order valence-electron chi connectivity index (χ0n) is 17.7.